The quantitative estimate of drug-likeness (QED) is 0.839. The van der Waals surface area contributed by atoms with E-state index in [1.165, 1.54) is 13.0 Å². The van der Waals surface area contributed by atoms with Gasteiger partial charge >= 0.3 is 5.97 Å². The molecule has 0 aliphatic rings. The van der Waals surface area contributed by atoms with Gasteiger partial charge in [0.25, 0.3) is 0 Å². The second-order valence-electron chi connectivity index (χ2n) is 3.84. The first kappa shape index (κ1) is 12.0. The van der Waals surface area contributed by atoms with Gasteiger partial charge in [0, 0.05) is 17.3 Å². The van der Waals surface area contributed by atoms with E-state index in [1.807, 2.05) is 0 Å². The summed E-state index contributed by atoms with van der Waals surface area (Å²) in [5, 5.41) is 9.08. The molecule has 4 nitrogen and oxygen atoms in total. The van der Waals surface area contributed by atoms with Crippen LogP contribution in [0.4, 0.5) is 0 Å². The molecule has 0 radical (unpaired) electrons. The molecule has 4 heteroatoms. The second kappa shape index (κ2) is 4.79. The molecule has 0 aliphatic carbocycles. The standard InChI is InChI=1S/C14H11NO3/c1-9(16)10-4-6-11(7-5-10)13-12(14(17)18)3-2-8-15-13/h2-8H,1H3,(H,17,18). The molecule has 2 aromatic rings. The molecule has 0 bridgehead atoms. The Kier molecular flexibility index (Phi) is 3.19. The molecule has 1 N–H and O–H groups in total. The summed E-state index contributed by atoms with van der Waals surface area (Å²) in [6.07, 6.45) is 1.54. The van der Waals surface area contributed by atoms with Crippen LogP contribution in [0.3, 0.4) is 0 Å². The Balaban J connectivity index is 2.49. The molecule has 90 valence electrons. The molecule has 0 amide bonds. The predicted octanol–water partition coefficient (Wildman–Crippen LogP) is 2.65. The van der Waals surface area contributed by atoms with Gasteiger partial charge in [0.05, 0.1) is 11.3 Å². The van der Waals surface area contributed by atoms with E-state index in [9.17, 15) is 9.59 Å². The van der Waals surface area contributed by atoms with Gasteiger partial charge in [0.1, 0.15) is 0 Å². The third-order valence-electron chi connectivity index (χ3n) is 2.60. The van der Waals surface area contributed by atoms with Crippen molar-refractivity contribution in [2.75, 3.05) is 0 Å². The zero-order valence-corrected chi connectivity index (χ0v) is 9.75. The summed E-state index contributed by atoms with van der Waals surface area (Å²) in [6, 6.07) is 9.81. The van der Waals surface area contributed by atoms with E-state index >= 15 is 0 Å². The fourth-order valence-corrected chi connectivity index (χ4v) is 1.67. The highest BCUT2D eigenvalue weighted by Gasteiger charge is 2.12. The number of carboxylic acid groups (broad SMARTS) is 1. The summed E-state index contributed by atoms with van der Waals surface area (Å²) in [4.78, 5) is 26.3. The monoisotopic (exact) mass is 241 g/mol. The highest BCUT2D eigenvalue weighted by atomic mass is 16.4. The largest absolute Gasteiger partial charge is 0.478 e. The zero-order valence-electron chi connectivity index (χ0n) is 9.75. The lowest BCUT2D eigenvalue weighted by Gasteiger charge is -2.05. The van der Waals surface area contributed by atoms with Gasteiger partial charge in [-0.2, -0.15) is 0 Å². The van der Waals surface area contributed by atoms with E-state index in [0.717, 1.165) is 0 Å². The van der Waals surface area contributed by atoms with Gasteiger partial charge in [-0.1, -0.05) is 24.3 Å². The van der Waals surface area contributed by atoms with Gasteiger partial charge in [-0.3, -0.25) is 9.78 Å². The van der Waals surface area contributed by atoms with E-state index < -0.39 is 5.97 Å². The third kappa shape index (κ3) is 2.27. The number of hydrogen-bond acceptors (Lipinski definition) is 3. The number of ketones is 1. The highest BCUT2D eigenvalue weighted by molar-refractivity contribution is 5.96. The predicted molar refractivity (Wildman–Crippen MR) is 66.6 cm³/mol. The molecule has 0 aliphatic heterocycles. The number of hydrogen-bond donors (Lipinski definition) is 1. The number of benzene rings is 1. The number of carbonyl (C=O) groups excluding carboxylic acids is 1. The summed E-state index contributed by atoms with van der Waals surface area (Å²) in [5.74, 6) is -1.05. The van der Waals surface area contributed by atoms with Crippen LogP contribution < -0.4 is 0 Å². The van der Waals surface area contributed by atoms with Crippen molar-refractivity contribution in [1.29, 1.82) is 0 Å². The molecule has 18 heavy (non-hydrogen) atoms. The molecule has 1 aromatic carbocycles. The maximum absolute atomic E-state index is 11.2. The number of carbonyl (C=O) groups is 2. The fraction of sp³-hybridized carbons (Fsp3) is 0.0714. The van der Waals surface area contributed by atoms with Gasteiger partial charge in [0.2, 0.25) is 0 Å². The number of aromatic carboxylic acids is 1. The summed E-state index contributed by atoms with van der Waals surface area (Å²) < 4.78 is 0. The van der Waals surface area contributed by atoms with E-state index in [2.05, 4.69) is 4.98 Å². The number of pyridine rings is 1. The molecule has 0 unspecified atom stereocenters. The van der Waals surface area contributed by atoms with Gasteiger partial charge in [-0.15, -0.1) is 0 Å². The smallest absolute Gasteiger partial charge is 0.337 e. The van der Waals surface area contributed by atoms with E-state index in [0.29, 0.717) is 16.8 Å². The first-order valence-corrected chi connectivity index (χ1v) is 5.39. The summed E-state index contributed by atoms with van der Waals surface area (Å²) in [7, 11) is 0. The molecule has 0 saturated heterocycles. The number of nitrogens with zero attached hydrogens (tertiary/aromatic N) is 1. The number of rotatable bonds is 3. The van der Waals surface area contributed by atoms with Crippen LogP contribution in [0.25, 0.3) is 11.3 Å². The van der Waals surface area contributed by atoms with Crippen LogP contribution in [-0.2, 0) is 0 Å². The van der Waals surface area contributed by atoms with Crippen molar-refractivity contribution in [2.45, 2.75) is 6.92 Å². The van der Waals surface area contributed by atoms with Crippen molar-refractivity contribution in [3.05, 3.63) is 53.7 Å². The molecule has 0 saturated carbocycles. The third-order valence-corrected chi connectivity index (χ3v) is 2.60. The molecule has 0 atom stereocenters. The van der Waals surface area contributed by atoms with Gasteiger partial charge in [-0.25, -0.2) is 4.79 Å². The number of aromatic nitrogens is 1. The van der Waals surface area contributed by atoms with E-state index in [1.54, 1.807) is 36.5 Å². The summed E-state index contributed by atoms with van der Waals surface area (Å²) in [5.41, 5.74) is 1.82. The Morgan fingerprint density at radius 3 is 2.33 bits per heavy atom. The maximum Gasteiger partial charge on any atom is 0.337 e. The average molecular weight is 241 g/mol. The maximum atomic E-state index is 11.2. The Morgan fingerprint density at radius 2 is 1.78 bits per heavy atom. The normalized spacial score (nSPS) is 10.1. The molecule has 1 aromatic heterocycles. The SMILES string of the molecule is CC(=O)c1ccc(-c2ncccc2C(=O)O)cc1. The number of carboxylic acids is 1. The fourth-order valence-electron chi connectivity index (χ4n) is 1.67. The topological polar surface area (TPSA) is 67.3 Å². The van der Waals surface area contributed by atoms with Crippen LogP contribution >= 0.6 is 0 Å². The summed E-state index contributed by atoms with van der Waals surface area (Å²) in [6.45, 7) is 1.48. The lowest BCUT2D eigenvalue weighted by atomic mass is 10.0. The molecular formula is C14H11NO3. The van der Waals surface area contributed by atoms with E-state index in [-0.39, 0.29) is 11.3 Å². The molecule has 2 rings (SSSR count). The minimum atomic E-state index is -1.02. The van der Waals surface area contributed by atoms with Crippen LogP contribution in [0.15, 0.2) is 42.6 Å². The van der Waals surface area contributed by atoms with Crippen molar-refractivity contribution >= 4 is 11.8 Å². The Hall–Kier alpha value is -2.49. The minimum Gasteiger partial charge on any atom is -0.478 e. The Labute approximate surface area is 104 Å². The highest BCUT2D eigenvalue weighted by Crippen LogP contribution is 2.21. The van der Waals surface area contributed by atoms with Crippen molar-refractivity contribution < 1.29 is 14.7 Å². The van der Waals surface area contributed by atoms with Gasteiger partial charge < -0.3 is 5.11 Å². The molecule has 0 fully saturated rings. The van der Waals surface area contributed by atoms with Crippen LogP contribution in [0, 0.1) is 0 Å². The average Bonchev–Trinajstić information content (AvgIpc) is 2.39. The first-order chi connectivity index (χ1) is 8.59. The molecule has 1 heterocycles. The van der Waals surface area contributed by atoms with Gasteiger partial charge in [-0.05, 0) is 19.1 Å². The van der Waals surface area contributed by atoms with Crippen molar-refractivity contribution in [2.24, 2.45) is 0 Å². The number of Topliss-reactive ketones (excluding diaryl/α,β-unsaturated/α-hetero) is 1. The molecule has 0 spiro atoms. The van der Waals surface area contributed by atoms with Crippen LogP contribution in [0.1, 0.15) is 27.6 Å². The lowest BCUT2D eigenvalue weighted by molar-refractivity contribution is 0.0697. The van der Waals surface area contributed by atoms with Crippen LogP contribution in [-0.4, -0.2) is 21.8 Å². The van der Waals surface area contributed by atoms with Gasteiger partial charge in [0.15, 0.2) is 5.78 Å². The Bertz CT molecular complexity index is 603. The van der Waals surface area contributed by atoms with Crippen molar-refractivity contribution in [3.8, 4) is 11.3 Å². The lowest BCUT2D eigenvalue weighted by Crippen LogP contribution is -2.01. The first-order valence-electron chi connectivity index (χ1n) is 5.39. The second-order valence-corrected chi connectivity index (χ2v) is 3.84. The summed E-state index contributed by atoms with van der Waals surface area (Å²) >= 11 is 0. The minimum absolute atomic E-state index is 0.0268. The zero-order chi connectivity index (χ0) is 13.1. The van der Waals surface area contributed by atoms with Crippen LogP contribution in [0.5, 0.6) is 0 Å². The molecular weight excluding hydrogens is 230 g/mol. The van der Waals surface area contributed by atoms with Crippen molar-refractivity contribution in [1.82, 2.24) is 4.98 Å². The van der Waals surface area contributed by atoms with Crippen molar-refractivity contribution in [3.63, 3.8) is 0 Å². The van der Waals surface area contributed by atoms with Crippen LogP contribution in [0.2, 0.25) is 0 Å². The Morgan fingerprint density at radius 1 is 1.11 bits per heavy atom. The van der Waals surface area contributed by atoms with E-state index in [4.69, 9.17) is 5.11 Å².